The molecule has 1 aromatic carbocycles. The van der Waals surface area contributed by atoms with Crippen molar-refractivity contribution in [3.63, 3.8) is 0 Å². The highest BCUT2D eigenvalue weighted by molar-refractivity contribution is 5.88. The van der Waals surface area contributed by atoms with Crippen molar-refractivity contribution in [3.8, 4) is 0 Å². The fraction of sp³-hybridized carbons (Fsp3) is 0.571. The average molecular weight is 403 g/mol. The van der Waals surface area contributed by atoms with Crippen LogP contribution in [0.15, 0.2) is 35.3 Å². The molecular weight excluding hydrogens is 368 g/mol. The summed E-state index contributed by atoms with van der Waals surface area (Å²) in [6.07, 6.45) is 0. The molecule has 8 heteroatoms. The Morgan fingerprint density at radius 2 is 1.69 bits per heavy atom. The number of hydrogen-bond donors (Lipinski definition) is 3. The Balaban J connectivity index is 1.80. The topological polar surface area (TPSA) is 89.1 Å². The van der Waals surface area contributed by atoms with Crippen molar-refractivity contribution in [2.45, 2.75) is 33.2 Å². The third-order valence-electron chi connectivity index (χ3n) is 4.40. The number of carbonyl (C=O) groups is 2. The second-order valence-electron chi connectivity index (χ2n) is 8.05. The number of piperazine rings is 1. The van der Waals surface area contributed by atoms with Gasteiger partial charge in [-0.25, -0.2) is 4.99 Å². The number of hydrogen-bond acceptors (Lipinski definition) is 4. The highest BCUT2D eigenvalue weighted by Gasteiger charge is 2.21. The van der Waals surface area contributed by atoms with Gasteiger partial charge < -0.3 is 25.8 Å². The number of aliphatic imine (C=N–C) groups is 1. The summed E-state index contributed by atoms with van der Waals surface area (Å²) in [6, 6.07) is 10.2. The lowest BCUT2D eigenvalue weighted by Crippen LogP contribution is -2.52. The molecule has 0 atom stereocenters. The number of rotatable bonds is 6. The minimum Gasteiger partial charge on any atom is -0.368 e. The van der Waals surface area contributed by atoms with E-state index in [0.29, 0.717) is 25.6 Å². The lowest BCUT2D eigenvalue weighted by Gasteiger charge is -2.36. The average Bonchev–Trinajstić information content (AvgIpc) is 2.69. The van der Waals surface area contributed by atoms with Gasteiger partial charge in [0.1, 0.15) is 6.54 Å². The van der Waals surface area contributed by atoms with Gasteiger partial charge in [-0.3, -0.25) is 9.59 Å². The first-order chi connectivity index (χ1) is 13.8. The van der Waals surface area contributed by atoms with E-state index >= 15 is 0 Å². The highest BCUT2D eigenvalue weighted by atomic mass is 16.2. The molecule has 1 heterocycles. The van der Waals surface area contributed by atoms with Crippen molar-refractivity contribution in [1.29, 1.82) is 0 Å². The van der Waals surface area contributed by atoms with Crippen LogP contribution in [0.5, 0.6) is 0 Å². The molecule has 0 bridgehead atoms. The summed E-state index contributed by atoms with van der Waals surface area (Å²) in [4.78, 5) is 32.9. The van der Waals surface area contributed by atoms with Crippen molar-refractivity contribution < 1.29 is 9.59 Å². The van der Waals surface area contributed by atoms with Crippen LogP contribution in [0.25, 0.3) is 0 Å². The standard InChI is InChI=1S/C21H34N6O2/c1-5-22-20(23-15-18(28)25-21(2,3)4)24-16-19(29)27-13-11-26(12-14-27)17-9-7-6-8-10-17/h6-10H,5,11-16H2,1-4H3,(H,25,28)(H2,22,23,24). The third-order valence-corrected chi connectivity index (χ3v) is 4.40. The van der Waals surface area contributed by atoms with Crippen molar-refractivity contribution in [2.75, 3.05) is 50.7 Å². The zero-order valence-electron chi connectivity index (χ0n) is 18.0. The third kappa shape index (κ3) is 8.01. The molecule has 0 aliphatic carbocycles. The van der Waals surface area contributed by atoms with Crippen LogP contribution in [0.4, 0.5) is 5.69 Å². The number of anilines is 1. The van der Waals surface area contributed by atoms with E-state index in [1.165, 1.54) is 5.69 Å². The van der Waals surface area contributed by atoms with Crippen molar-refractivity contribution in [3.05, 3.63) is 30.3 Å². The van der Waals surface area contributed by atoms with Gasteiger partial charge in [-0.15, -0.1) is 0 Å². The number of benzene rings is 1. The normalized spacial score (nSPS) is 15.1. The van der Waals surface area contributed by atoms with Gasteiger partial charge in [0.15, 0.2) is 5.96 Å². The van der Waals surface area contributed by atoms with Crippen LogP contribution in [0.3, 0.4) is 0 Å². The molecule has 0 spiro atoms. The quantitative estimate of drug-likeness (QED) is 0.484. The molecule has 8 nitrogen and oxygen atoms in total. The maximum atomic E-state index is 12.6. The Kier molecular flexibility index (Phi) is 8.30. The number of guanidine groups is 1. The monoisotopic (exact) mass is 402 g/mol. The fourth-order valence-corrected chi connectivity index (χ4v) is 3.07. The smallest absolute Gasteiger partial charge is 0.242 e. The second-order valence-corrected chi connectivity index (χ2v) is 8.05. The van der Waals surface area contributed by atoms with Gasteiger partial charge in [-0.05, 0) is 39.8 Å². The van der Waals surface area contributed by atoms with Crippen LogP contribution in [0.2, 0.25) is 0 Å². The van der Waals surface area contributed by atoms with Gasteiger partial charge in [-0.2, -0.15) is 0 Å². The number of para-hydroxylation sites is 1. The molecule has 2 rings (SSSR count). The van der Waals surface area contributed by atoms with Crippen LogP contribution in [-0.4, -0.2) is 74.0 Å². The SMILES string of the molecule is CCNC(=NCC(=O)NC(C)(C)C)NCC(=O)N1CCN(c2ccccc2)CC1. The Hall–Kier alpha value is -2.77. The van der Waals surface area contributed by atoms with Crippen LogP contribution in [-0.2, 0) is 9.59 Å². The summed E-state index contributed by atoms with van der Waals surface area (Å²) < 4.78 is 0. The minimum absolute atomic E-state index is 0.0105. The Morgan fingerprint density at radius 1 is 1.03 bits per heavy atom. The lowest BCUT2D eigenvalue weighted by molar-refractivity contribution is -0.130. The molecule has 0 saturated carbocycles. The Bertz CT molecular complexity index is 691. The number of nitrogens with zero attached hydrogens (tertiary/aromatic N) is 3. The van der Waals surface area contributed by atoms with Crippen molar-refractivity contribution in [2.24, 2.45) is 4.99 Å². The summed E-state index contributed by atoms with van der Waals surface area (Å²) in [5.41, 5.74) is 0.892. The molecule has 1 saturated heterocycles. The largest absolute Gasteiger partial charge is 0.368 e. The number of nitrogens with one attached hydrogen (secondary N) is 3. The molecule has 1 aliphatic rings. The Morgan fingerprint density at radius 3 is 2.28 bits per heavy atom. The summed E-state index contributed by atoms with van der Waals surface area (Å²) in [6.45, 7) is 11.5. The van der Waals surface area contributed by atoms with Crippen LogP contribution >= 0.6 is 0 Å². The van der Waals surface area contributed by atoms with E-state index in [1.54, 1.807) is 0 Å². The first kappa shape index (κ1) is 22.5. The van der Waals surface area contributed by atoms with Gasteiger partial charge in [0.2, 0.25) is 11.8 Å². The zero-order chi connectivity index (χ0) is 21.3. The number of carbonyl (C=O) groups excluding carboxylic acids is 2. The van der Waals surface area contributed by atoms with Gasteiger partial charge >= 0.3 is 0 Å². The van der Waals surface area contributed by atoms with Gasteiger partial charge in [-0.1, -0.05) is 18.2 Å². The van der Waals surface area contributed by atoms with E-state index in [9.17, 15) is 9.59 Å². The van der Waals surface area contributed by atoms with Crippen LogP contribution < -0.4 is 20.9 Å². The molecular formula is C21H34N6O2. The highest BCUT2D eigenvalue weighted by Crippen LogP contribution is 2.15. The summed E-state index contributed by atoms with van der Waals surface area (Å²) >= 11 is 0. The number of amides is 2. The molecule has 2 amide bonds. The van der Waals surface area contributed by atoms with Crippen LogP contribution in [0.1, 0.15) is 27.7 Å². The predicted molar refractivity (Wildman–Crippen MR) is 117 cm³/mol. The van der Waals surface area contributed by atoms with E-state index in [4.69, 9.17) is 0 Å². The maximum absolute atomic E-state index is 12.6. The second kappa shape index (κ2) is 10.7. The maximum Gasteiger partial charge on any atom is 0.242 e. The fourth-order valence-electron chi connectivity index (χ4n) is 3.07. The summed E-state index contributed by atoms with van der Waals surface area (Å²) in [5.74, 6) is 0.341. The van der Waals surface area contributed by atoms with Crippen molar-refractivity contribution >= 4 is 23.5 Å². The van der Waals surface area contributed by atoms with Gasteiger partial charge in [0.25, 0.3) is 0 Å². The molecule has 0 unspecified atom stereocenters. The van der Waals surface area contributed by atoms with Crippen LogP contribution in [0, 0.1) is 0 Å². The zero-order valence-corrected chi connectivity index (χ0v) is 18.0. The van der Waals surface area contributed by atoms with E-state index in [0.717, 1.165) is 13.1 Å². The molecule has 0 aromatic heterocycles. The first-order valence-corrected chi connectivity index (χ1v) is 10.2. The van der Waals surface area contributed by atoms with E-state index in [2.05, 4.69) is 38.0 Å². The first-order valence-electron chi connectivity index (χ1n) is 10.2. The molecule has 3 N–H and O–H groups in total. The van der Waals surface area contributed by atoms with Crippen molar-refractivity contribution in [1.82, 2.24) is 20.9 Å². The lowest BCUT2D eigenvalue weighted by atomic mass is 10.1. The Labute approximate surface area is 173 Å². The molecule has 29 heavy (non-hydrogen) atoms. The van der Waals surface area contributed by atoms with Gasteiger partial charge in [0, 0.05) is 44.0 Å². The molecule has 1 aliphatic heterocycles. The van der Waals surface area contributed by atoms with E-state index in [1.807, 2.05) is 50.8 Å². The summed E-state index contributed by atoms with van der Waals surface area (Å²) in [5, 5.41) is 8.97. The van der Waals surface area contributed by atoms with E-state index in [-0.39, 0.29) is 30.4 Å². The predicted octanol–water partition coefficient (Wildman–Crippen LogP) is 0.805. The minimum atomic E-state index is -0.295. The summed E-state index contributed by atoms with van der Waals surface area (Å²) in [7, 11) is 0. The molecule has 0 radical (unpaired) electrons. The molecule has 1 aromatic rings. The van der Waals surface area contributed by atoms with Gasteiger partial charge in [0.05, 0.1) is 6.54 Å². The molecule has 160 valence electrons. The van der Waals surface area contributed by atoms with E-state index < -0.39 is 0 Å². The molecule has 1 fully saturated rings.